The van der Waals surface area contributed by atoms with E-state index in [9.17, 15) is 18.0 Å². The van der Waals surface area contributed by atoms with E-state index >= 15 is 0 Å². The number of hydrogen-bond donors (Lipinski definition) is 0. The average molecular weight is 385 g/mol. The van der Waals surface area contributed by atoms with Gasteiger partial charge in [-0.05, 0) is 24.3 Å². The first-order chi connectivity index (χ1) is 12.9. The first-order valence-electron chi connectivity index (χ1n) is 8.62. The van der Waals surface area contributed by atoms with Crippen LogP contribution in [0.3, 0.4) is 0 Å². The third kappa shape index (κ3) is 3.80. The number of benzene rings is 1. The summed E-state index contributed by atoms with van der Waals surface area (Å²) in [7, 11) is 0. The third-order valence-electron chi connectivity index (χ3n) is 4.86. The number of morpholine rings is 1. The molecule has 0 unspecified atom stereocenters. The molecule has 1 aromatic carbocycles. The molecule has 146 valence electrons. The number of fused-ring (bicyclic) bond motifs is 1. The maximum Gasteiger partial charge on any atom is 0.573 e. The topological polar surface area (TPSA) is 63.6 Å². The van der Waals surface area contributed by atoms with Crippen molar-refractivity contribution < 1.29 is 32.3 Å². The number of alkyl halides is 3. The molecule has 10 heteroatoms. The molecule has 2 saturated heterocycles. The van der Waals surface area contributed by atoms with Crippen molar-refractivity contribution in [2.24, 2.45) is 11.1 Å². The maximum absolute atomic E-state index is 12.7. The number of nitrogens with zero attached hydrogens (tertiary/aromatic N) is 3. The van der Waals surface area contributed by atoms with Crippen molar-refractivity contribution in [3.63, 3.8) is 0 Å². The fraction of sp³-hybridized carbons (Fsp3) is 0.529. The molecule has 3 aliphatic rings. The van der Waals surface area contributed by atoms with Crippen LogP contribution in [0.2, 0.25) is 0 Å². The zero-order valence-electron chi connectivity index (χ0n) is 14.3. The van der Waals surface area contributed by atoms with Crippen LogP contribution in [0.25, 0.3) is 0 Å². The Morgan fingerprint density at radius 2 is 1.85 bits per heavy atom. The van der Waals surface area contributed by atoms with Gasteiger partial charge >= 0.3 is 6.36 Å². The second-order valence-electron chi connectivity index (χ2n) is 6.58. The van der Waals surface area contributed by atoms with Gasteiger partial charge in [0.25, 0.3) is 5.91 Å². The van der Waals surface area contributed by atoms with Gasteiger partial charge < -0.3 is 24.1 Å². The van der Waals surface area contributed by atoms with Crippen LogP contribution in [0, 0.1) is 5.92 Å². The standard InChI is InChI=1S/C17H18F3N3O4/c18-17(19,20)26-12-3-1-11(2-4-12)23-9-13-14(10-23)27-21-15(13)16(24)22-5-7-25-8-6-22/h1-4,13-14H,5-10H2/t13-,14+/m0/s1. The molecule has 0 aliphatic carbocycles. The molecule has 0 radical (unpaired) electrons. The van der Waals surface area contributed by atoms with Crippen molar-refractivity contribution >= 4 is 17.3 Å². The molecule has 1 amide bonds. The molecular weight excluding hydrogens is 367 g/mol. The Morgan fingerprint density at radius 1 is 1.15 bits per heavy atom. The lowest BCUT2D eigenvalue weighted by atomic mass is 10.00. The molecule has 7 nitrogen and oxygen atoms in total. The minimum atomic E-state index is -4.72. The van der Waals surface area contributed by atoms with Gasteiger partial charge in [-0.3, -0.25) is 4.79 Å². The third-order valence-corrected chi connectivity index (χ3v) is 4.86. The molecule has 1 aromatic rings. The number of oxime groups is 1. The number of rotatable bonds is 3. The Hall–Kier alpha value is -2.49. The number of ether oxygens (including phenoxy) is 2. The van der Waals surface area contributed by atoms with Gasteiger partial charge in [0.2, 0.25) is 0 Å². The van der Waals surface area contributed by atoms with E-state index in [0.29, 0.717) is 45.1 Å². The molecule has 3 heterocycles. The SMILES string of the molecule is O=C(C1=NO[C@@H]2CN(c3ccc(OC(F)(F)F)cc3)C[C@H]12)N1CCOCC1. The number of halogens is 3. The summed E-state index contributed by atoms with van der Waals surface area (Å²) in [6.07, 6.45) is -4.96. The molecule has 3 aliphatic heterocycles. The summed E-state index contributed by atoms with van der Waals surface area (Å²) in [5.41, 5.74) is 1.14. The Balaban J connectivity index is 1.41. The van der Waals surface area contributed by atoms with E-state index in [4.69, 9.17) is 9.57 Å². The predicted octanol–water partition coefficient (Wildman–Crippen LogP) is 1.64. The van der Waals surface area contributed by atoms with Crippen LogP contribution in [0.5, 0.6) is 5.75 Å². The van der Waals surface area contributed by atoms with Gasteiger partial charge in [0.1, 0.15) is 5.75 Å². The van der Waals surface area contributed by atoms with Gasteiger partial charge in [0.15, 0.2) is 11.8 Å². The van der Waals surface area contributed by atoms with E-state index in [1.54, 1.807) is 17.0 Å². The number of amides is 1. The minimum absolute atomic E-state index is 0.137. The van der Waals surface area contributed by atoms with Crippen LogP contribution in [-0.2, 0) is 14.4 Å². The van der Waals surface area contributed by atoms with Gasteiger partial charge in [0, 0.05) is 25.3 Å². The number of hydrogen-bond acceptors (Lipinski definition) is 6. The monoisotopic (exact) mass is 385 g/mol. The van der Waals surface area contributed by atoms with Crippen molar-refractivity contribution in [3.8, 4) is 5.75 Å². The van der Waals surface area contributed by atoms with E-state index in [1.807, 2.05) is 4.90 Å². The smallest absolute Gasteiger partial charge is 0.406 e. The van der Waals surface area contributed by atoms with Gasteiger partial charge in [0.05, 0.1) is 25.7 Å². The first-order valence-corrected chi connectivity index (χ1v) is 8.62. The normalized spacial score (nSPS) is 25.1. The summed E-state index contributed by atoms with van der Waals surface area (Å²) in [6.45, 7) is 3.09. The largest absolute Gasteiger partial charge is 0.573 e. The van der Waals surface area contributed by atoms with Crippen molar-refractivity contribution in [3.05, 3.63) is 24.3 Å². The van der Waals surface area contributed by atoms with Gasteiger partial charge in [-0.15, -0.1) is 13.2 Å². The van der Waals surface area contributed by atoms with Crippen LogP contribution in [0.4, 0.5) is 18.9 Å². The molecule has 0 N–H and O–H groups in total. The van der Waals surface area contributed by atoms with E-state index in [-0.39, 0.29) is 23.7 Å². The van der Waals surface area contributed by atoms with Crippen molar-refractivity contribution in [2.75, 3.05) is 44.3 Å². The summed E-state index contributed by atoms with van der Waals surface area (Å²) < 4.78 is 45.9. The summed E-state index contributed by atoms with van der Waals surface area (Å²) >= 11 is 0. The fourth-order valence-electron chi connectivity index (χ4n) is 3.53. The molecule has 0 spiro atoms. The average Bonchev–Trinajstić information content (AvgIpc) is 3.22. The zero-order valence-corrected chi connectivity index (χ0v) is 14.3. The second kappa shape index (κ2) is 6.91. The molecule has 4 rings (SSSR count). The Labute approximate surface area is 153 Å². The highest BCUT2D eigenvalue weighted by atomic mass is 19.4. The lowest BCUT2D eigenvalue weighted by molar-refractivity contribution is -0.274. The van der Waals surface area contributed by atoms with Crippen LogP contribution in [-0.4, -0.2) is 68.4 Å². The van der Waals surface area contributed by atoms with Crippen LogP contribution >= 0.6 is 0 Å². The Morgan fingerprint density at radius 3 is 2.52 bits per heavy atom. The number of carbonyl (C=O) groups is 1. The highest BCUT2D eigenvalue weighted by molar-refractivity contribution is 6.40. The minimum Gasteiger partial charge on any atom is -0.406 e. The molecule has 0 aromatic heterocycles. The van der Waals surface area contributed by atoms with Crippen molar-refractivity contribution in [1.29, 1.82) is 0 Å². The molecule has 27 heavy (non-hydrogen) atoms. The second-order valence-corrected chi connectivity index (χ2v) is 6.58. The maximum atomic E-state index is 12.7. The zero-order chi connectivity index (χ0) is 19.0. The lowest BCUT2D eigenvalue weighted by Crippen LogP contribution is -2.46. The van der Waals surface area contributed by atoms with Gasteiger partial charge in [-0.1, -0.05) is 5.16 Å². The van der Waals surface area contributed by atoms with E-state index in [1.165, 1.54) is 12.1 Å². The van der Waals surface area contributed by atoms with Crippen LogP contribution in [0.1, 0.15) is 0 Å². The van der Waals surface area contributed by atoms with Crippen LogP contribution in [0.15, 0.2) is 29.4 Å². The molecule has 2 fully saturated rings. The lowest BCUT2D eigenvalue weighted by Gasteiger charge is -2.27. The molecule has 2 atom stereocenters. The first kappa shape index (κ1) is 17.9. The quantitative estimate of drug-likeness (QED) is 0.792. The summed E-state index contributed by atoms with van der Waals surface area (Å²) in [5.74, 6) is -0.570. The number of carbonyl (C=O) groups excluding carboxylic acids is 1. The van der Waals surface area contributed by atoms with Gasteiger partial charge in [-0.25, -0.2) is 0 Å². The predicted molar refractivity (Wildman–Crippen MR) is 88.5 cm³/mol. The summed E-state index contributed by atoms with van der Waals surface area (Å²) in [6, 6.07) is 5.66. The summed E-state index contributed by atoms with van der Waals surface area (Å²) in [5, 5.41) is 3.99. The van der Waals surface area contributed by atoms with E-state index < -0.39 is 6.36 Å². The molecular formula is C17H18F3N3O4. The van der Waals surface area contributed by atoms with Gasteiger partial charge in [-0.2, -0.15) is 0 Å². The van der Waals surface area contributed by atoms with E-state index in [0.717, 1.165) is 5.69 Å². The Kier molecular flexibility index (Phi) is 4.58. The highest BCUT2D eigenvalue weighted by Crippen LogP contribution is 2.33. The van der Waals surface area contributed by atoms with Crippen LogP contribution < -0.4 is 9.64 Å². The Bertz CT molecular complexity index is 732. The molecule has 0 bridgehead atoms. The van der Waals surface area contributed by atoms with E-state index in [2.05, 4.69) is 9.89 Å². The summed E-state index contributed by atoms with van der Waals surface area (Å²) in [4.78, 5) is 21.8. The highest BCUT2D eigenvalue weighted by Gasteiger charge is 2.46. The van der Waals surface area contributed by atoms with Crippen molar-refractivity contribution in [2.45, 2.75) is 12.5 Å². The number of anilines is 1. The fourth-order valence-corrected chi connectivity index (χ4v) is 3.53. The molecule has 0 saturated carbocycles. The van der Waals surface area contributed by atoms with Crippen molar-refractivity contribution in [1.82, 2.24) is 4.90 Å².